The summed E-state index contributed by atoms with van der Waals surface area (Å²) in [6.45, 7) is 5.71. The van der Waals surface area contributed by atoms with E-state index < -0.39 is 0 Å². The van der Waals surface area contributed by atoms with Gasteiger partial charge in [0.05, 0.1) is 6.10 Å². The molecule has 2 aromatic rings. The number of hydrogen-bond donors (Lipinski definition) is 1. The molecule has 0 saturated heterocycles. The Bertz CT molecular complexity index is 707. The summed E-state index contributed by atoms with van der Waals surface area (Å²) >= 11 is 0. The summed E-state index contributed by atoms with van der Waals surface area (Å²) in [5, 5.41) is 9.13. The quantitative estimate of drug-likeness (QED) is 0.930. The number of hydrogen-bond acceptors (Lipinski definition) is 3. The Hall–Kier alpha value is -2.54. The summed E-state index contributed by atoms with van der Waals surface area (Å²) in [5.41, 5.74) is 1.97. The first-order valence-electron chi connectivity index (χ1n) is 6.42. The lowest BCUT2D eigenvalue weighted by Gasteiger charge is -2.10. The normalized spacial score (nSPS) is 10.3. The lowest BCUT2D eigenvalue weighted by molar-refractivity contribution is 0.242. The number of pyridine rings is 1. The van der Waals surface area contributed by atoms with Crippen LogP contribution in [0.5, 0.6) is 5.75 Å². The molecule has 0 fully saturated rings. The van der Waals surface area contributed by atoms with Gasteiger partial charge in [0.1, 0.15) is 17.4 Å². The number of nitrogens with zero attached hydrogens (tertiary/aromatic N) is 1. The second-order valence-electron chi connectivity index (χ2n) is 4.87. The molecule has 0 aliphatic carbocycles. The van der Waals surface area contributed by atoms with Gasteiger partial charge in [-0.05, 0) is 44.5 Å². The van der Waals surface area contributed by atoms with Gasteiger partial charge in [0.15, 0.2) is 0 Å². The minimum absolute atomic E-state index is 0.109. The van der Waals surface area contributed by atoms with Crippen molar-refractivity contribution in [3.8, 4) is 22.9 Å². The van der Waals surface area contributed by atoms with Gasteiger partial charge in [0.25, 0.3) is 5.56 Å². The fourth-order valence-corrected chi connectivity index (χ4v) is 2.01. The molecule has 0 spiro atoms. The van der Waals surface area contributed by atoms with Gasteiger partial charge in [0.2, 0.25) is 0 Å². The average Bonchev–Trinajstić information content (AvgIpc) is 2.38. The fourth-order valence-electron chi connectivity index (χ4n) is 2.01. The summed E-state index contributed by atoms with van der Waals surface area (Å²) in [6, 6.07) is 11.2. The summed E-state index contributed by atoms with van der Waals surface area (Å²) in [7, 11) is 0. The molecule has 0 atom stereocenters. The zero-order valence-electron chi connectivity index (χ0n) is 11.7. The van der Waals surface area contributed by atoms with Crippen molar-refractivity contribution in [1.82, 2.24) is 4.98 Å². The van der Waals surface area contributed by atoms with Crippen LogP contribution >= 0.6 is 0 Å². The highest BCUT2D eigenvalue weighted by atomic mass is 16.5. The van der Waals surface area contributed by atoms with Crippen molar-refractivity contribution in [1.29, 1.82) is 5.26 Å². The third kappa shape index (κ3) is 2.89. The van der Waals surface area contributed by atoms with Gasteiger partial charge in [-0.15, -0.1) is 0 Å². The van der Waals surface area contributed by atoms with Crippen molar-refractivity contribution >= 4 is 0 Å². The van der Waals surface area contributed by atoms with E-state index in [0.29, 0.717) is 5.56 Å². The Balaban J connectivity index is 2.47. The standard InChI is InChI=1S/C16H16N2O2/c1-10(2)20-13-6-4-12(5-7-13)14-8-11(3)18-16(19)15(14)9-17/h4-8,10H,1-3H3,(H,18,19). The molecule has 20 heavy (non-hydrogen) atoms. The molecule has 102 valence electrons. The minimum Gasteiger partial charge on any atom is -0.491 e. The van der Waals surface area contributed by atoms with Crippen LogP contribution in [0.15, 0.2) is 35.1 Å². The van der Waals surface area contributed by atoms with Crippen molar-refractivity contribution in [3.05, 3.63) is 51.9 Å². The van der Waals surface area contributed by atoms with E-state index in [1.807, 2.05) is 44.2 Å². The number of aromatic amines is 1. The minimum atomic E-state index is -0.356. The van der Waals surface area contributed by atoms with Crippen molar-refractivity contribution in [2.45, 2.75) is 26.9 Å². The van der Waals surface area contributed by atoms with E-state index in [1.54, 1.807) is 13.0 Å². The number of aromatic nitrogens is 1. The third-order valence-corrected chi connectivity index (χ3v) is 2.82. The molecule has 0 saturated carbocycles. The molecule has 0 unspecified atom stereocenters. The zero-order valence-corrected chi connectivity index (χ0v) is 11.7. The van der Waals surface area contributed by atoms with Crippen molar-refractivity contribution < 1.29 is 4.74 Å². The molecule has 0 radical (unpaired) electrons. The molecule has 4 heteroatoms. The number of H-pyrrole nitrogens is 1. The number of nitriles is 1. The topological polar surface area (TPSA) is 65.9 Å². The first-order valence-corrected chi connectivity index (χ1v) is 6.42. The van der Waals surface area contributed by atoms with Crippen LogP contribution in [-0.4, -0.2) is 11.1 Å². The van der Waals surface area contributed by atoms with Gasteiger partial charge in [-0.1, -0.05) is 12.1 Å². The van der Waals surface area contributed by atoms with Gasteiger partial charge in [0, 0.05) is 11.3 Å². The Morgan fingerprint density at radius 1 is 1.25 bits per heavy atom. The van der Waals surface area contributed by atoms with Crippen molar-refractivity contribution in [2.75, 3.05) is 0 Å². The number of rotatable bonds is 3. The molecule has 0 aliphatic heterocycles. The van der Waals surface area contributed by atoms with E-state index in [1.165, 1.54) is 0 Å². The van der Waals surface area contributed by atoms with E-state index in [-0.39, 0.29) is 17.2 Å². The van der Waals surface area contributed by atoms with Crippen LogP contribution in [0.4, 0.5) is 0 Å². The van der Waals surface area contributed by atoms with Gasteiger partial charge in [-0.3, -0.25) is 4.79 Å². The second-order valence-corrected chi connectivity index (χ2v) is 4.87. The Morgan fingerprint density at radius 3 is 2.45 bits per heavy atom. The molecule has 0 aliphatic rings. The number of benzene rings is 1. The highest BCUT2D eigenvalue weighted by Gasteiger charge is 2.10. The number of nitrogens with one attached hydrogen (secondary N) is 1. The summed E-state index contributed by atoms with van der Waals surface area (Å²) in [6.07, 6.45) is 0.109. The maximum absolute atomic E-state index is 11.8. The number of ether oxygens (including phenoxy) is 1. The van der Waals surface area contributed by atoms with Crippen LogP contribution in [0.2, 0.25) is 0 Å². The lowest BCUT2D eigenvalue weighted by Crippen LogP contribution is -2.12. The maximum atomic E-state index is 11.8. The predicted octanol–water partition coefficient (Wildman–Crippen LogP) is 3.01. The van der Waals surface area contributed by atoms with E-state index in [0.717, 1.165) is 17.0 Å². The lowest BCUT2D eigenvalue weighted by atomic mass is 10.0. The molecule has 2 rings (SSSR count). The van der Waals surface area contributed by atoms with Crippen molar-refractivity contribution in [2.24, 2.45) is 0 Å². The van der Waals surface area contributed by atoms with Crippen LogP contribution in [0.1, 0.15) is 25.1 Å². The van der Waals surface area contributed by atoms with E-state index in [9.17, 15) is 4.79 Å². The van der Waals surface area contributed by atoms with Gasteiger partial charge in [-0.25, -0.2) is 0 Å². The molecule has 1 aromatic heterocycles. The largest absolute Gasteiger partial charge is 0.491 e. The highest BCUT2D eigenvalue weighted by molar-refractivity contribution is 5.70. The van der Waals surface area contributed by atoms with Crippen LogP contribution < -0.4 is 10.3 Å². The van der Waals surface area contributed by atoms with Gasteiger partial charge >= 0.3 is 0 Å². The molecule has 1 heterocycles. The monoisotopic (exact) mass is 268 g/mol. The summed E-state index contributed by atoms with van der Waals surface area (Å²) in [5.74, 6) is 0.767. The molecule has 1 N–H and O–H groups in total. The van der Waals surface area contributed by atoms with E-state index >= 15 is 0 Å². The van der Waals surface area contributed by atoms with Crippen LogP contribution in [0.25, 0.3) is 11.1 Å². The summed E-state index contributed by atoms with van der Waals surface area (Å²) < 4.78 is 5.58. The zero-order chi connectivity index (χ0) is 14.7. The maximum Gasteiger partial charge on any atom is 0.266 e. The summed E-state index contributed by atoms with van der Waals surface area (Å²) in [4.78, 5) is 14.4. The second kappa shape index (κ2) is 5.62. The molecule has 0 bridgehead atoms. The predicted molar refractivity (Wildman–Crippen MR) is 77.7 cm³/mol. The van der Waals surface area contributed by atoms with Crippen LogP contribution in [0, 0.1) is 18.3 Å². The Labute approximate surface area is 117 Å². The number of aryl methyl sites for hydroxylation is 1. The fraction of sp³-hybridized carbons (Fsp3) is 0.250. The van der Waals surface area contributed by atoms with E-state index in [4.69, 9.17) is 10.00 Å². The van der Waals surface area contributed by atoms with Gasteiger partial charge < -0.3 is 9.72 Å². The van der Waals surface area contributed by atoms with Crippen LogP contribution in [-0.2, 0) is 0 Å². The molecule has 1 aromatic carbocycles. The molecule has 4 nitrogen and oxygen atoms in total. The first kappa shape index (κ1) is 13.9. The Morgan fingerprint density at radius 2 is 1.90 bits per heavy atom. The first-order chi connectivity index (χ1) is 9.51. The average molecular weight is 268 g/mol. The van der Waals surface area contributed by atoms with Crippen molar-refractivity contribution in [3.63, 3.8) is 0 Å². The van der Waals surface area contributed by atoms with E-state index in [2.05, 4.69) is 4.98 Å². The third-order valence-electron chi connectivity index (χ3n) is 2.82. The molecule has 0 amide bonds. The highest BCUT2D eigenvalue weighted by Crippen LogP contribution is 2.24. The SMILES string of the molecule is Cc1cc(-c2ccc(OC(C)C)cc2)c(C#N)c(=O)[nH]1. The molecular formula is C16H16N2O2. The van der Waals surface area contributed by atoms with Crippen LogP contribution in [0.3, 0.4) is 0 Å². The van der Waals surface area contributed by atoms with Gasteiger partial charge in [-0.2, -0.15) is 5.26 Å². The smallest absolute Gasteiger partial charge is 0.266 e. The molecular weight excluding hydrogens is 252 g/mol. The Kier molecular flexibility index (Phi) is 3.90.